The van der Waals surface area contributed by atoms with Crippen molar-refractivity contribution in [2.45, 2.75) is 0 Å². The van der Waals surface area contributed by atoms with Gasteiger partial charge in [-0.3, -0.25) is 4.79 Å². The fraction of sp³-hybridized carbons (Fsp3) is 0.176. The van der Waals surface area contributed by atoms with E-state index in [1.807, 2.05) is 0 Å². The second kappa shape index (κ2) is 6.98. The van der Waals surface area contributed by atoms with Crippen LogP contribution >= 0.6 is 11.6 Å². The molecule has 0 fully saturated rings. The van der Waals surface area contributed by atoms with E-state index in [1.54, 1.807) is 0 Å². The first-order valence-corrected chi connectivity index (χ1v) is 7.50. The van der Waals surface area contributed by atoms with Gasteiger partial charge in [-0.05, 0) is 30.3 Å². The predicted octanol–water partition coefficient (Wildman–Crippen LogP) is 3.26. The van der Waals surface area contributed by atoms with E-state index >= 15 is 0 Å². The zero-order valence-corrected chi connectivity index (χ0v) is 13.8. The molecule has 8 heteroatoms. The summed E-state index contributed by atoms with van der Waals surface area (Å²) in [5.41, 5.74) is 0.179. The Labute approximate surface area is 147 Å². The number of hydrogen-bond acceptors (Lipinski definition) is 6. The Morgan fingerprint density at radius 3 is 2.72 bits per heavy atom. The number of carbonyl (C=O) groups is 2. The van der Waals surface area contributed by atoms with Crippen LogP contribution in [0.3, 0.4) is 0 Å². The standard InChI is InChI=1S/C17H12ClFO6/c1-22-14-3-2-9(5-12(14)19)13(20)7-23-17(21)10-4-11(18)16-15(6-10)24-8-25-16/h2-6H,7-8H2,1H3. The van der Waals surface area contributed by atoms with E-state index in [4.69, 9.17) is 30.5 Å². The minimum Gasteiger partial charge on any atom is -0.494 e. The topological polar surface area (TPSA) is 71.1 Å². The summed E-state index contributed by atoms with van der Waals surface area (Å²) < 4.78 is 33.7. The molecular weight excluding hydrogens is 355 g/mol. The van der Waals surface area contributed by atoms with Crippen LogP contribution < -0.4 is 14.2 Å². The van der Waals surface area contributed by atoms with Gasteiger partial charge in [0, 0.05) is 5.56 Å². The van der Waals surface area contributed by atoms with Crippen LogP contribution in [0.2, 0.25) is 5.02 Å². The van der Waals surface area contributed by atoms with Gasteiger partial charge in [0.05, 0.1) is 17.7 Å². The van der Waals surface area contributed by atoms with Gasteiger partial charge in [0.25, 0.3) is 0 Å². The first-order chi connectivity index (χ1) is 12.0. The lowest BCUT2D eigenvalue weighted by Gasteiger charge is -2.07. The fourth-order valence-electron chi connectivity index (χ4n) is 2.22. The molecule has 1 aliphatic rings. The van der Waals surface area contributed by atoms with Crippen LogP contribution in [0, 0.1) is 5.82 Å². The van der Waals surface area contributed by atoms with Gasteiger partial charge >= 0.3 is 5.97 Å². The minimum atomic E-state index is -0.762. The summed E-state index contributed by atoms with van der Waals surface area (Å²) in [6.07, 6.45) is 0. The SMILES string of the molecule is COc1ccc(C(=O)COC(=O)c2cc(Cl)c3c(c2)OCO3)cc1F. The summed E-state index contributed by atoms with van der Waals surface area (Å²) in [5.74, 6) is -1.30. The summed E-state index contributed by atoms with van der Waals surface area (Å²) >= 11 is 5.99. The molecule has 0 atom stereocenters. The van der Waals surface area contributed by atoms with Crippen LogP contribution in [0.1, 0.15) is 20.7 Å². The molecule has 2 aromatic rings. The Balaban J connectivity index is 1.67. The van der Waals surface area contributed by atoms with Gasteiger partial charge in [-0.25, -0.2) is 9.18 Å². The van der Waals surface area contributed by atoms with Crippen LogP contribution in [0.4, 0.5) is 4.39 Å². The zero-order valence-electron chi connectivity index (χ0n) is 13.0. The van der Waals surface area contributed by atoms with E-state index in [2.05, 4.69) is 0 Å². The first-order valence-electron chi connectivity index (χ1n) is 7.12. The summed E-state index contributed by atoms with van der Waals surface area (Å²) in [7, 11) is 1.32. The average molecular weight is 367 g/mol. The van der Waals surface area contributed by atoms with Crippen molar-refractivity contribution >= 4 is 23.4 Å². The van der Waals surface area contributed by atoms with Gasteiger partial charge in [-0.15, -0.1) is 0 Å². The lowest BCUT2D eigenvalue weighted by Crippen LogP contribution is -2.14. The number of carbonyl (C=O) groups excluding carboxylic acids is 2. The summed E-state index contributed by atoms with van der Waals surface area (Å²) in [5, 5.41) is 0.200. The molecule has 25 heavy (non-hydrogen) atoms. The Hall–Kier alpha value is -2.80. The molecule has 6 nitrogen and oxygen atoms in total. The molecule has 0 aliphatic carbocycles. The maximum absolute atomic E-state index is 13.6. The average Bonchev–Trinajstić information content (AvgIpc) is 3.08. The molecule has 0 amide bonds. The molecule has 0 N–H and O–H groups in total. The number of esters is 1. The maximum atomic E-state index is 13.6. The third-order valence-electron chi connectivity index (χ3n) is 3.47. The van der Waals surface area contributed by atoms with Gasteiger partial charge in [-0.1, -0.05) is 11.6 Å². The molecule has 3 rings (SSSR count). The Morgan fingerprint density at radius 1 is 1.20 bits per heavy atom. The molecule has 0 bridgehead atoms. The van der Waals surface area contributed by atoms with Crippen molar-refractivity contribution in [1.29, 1.82) is 0 Å². The Bertz CT molecular complexity index is 851. The van der Waals surface area contributed by atoms with Gasteiger partial charge in [0.2, 0.25) is 6.79 Å². The highest BCUT2D eigenvalue weighted by Crippen LogP contribution is 2.39. The van der Waals surface area contributed by atoms with E-state index in [-0.39, 0.29) is 28.7 Å². The van der Waals surface area contributed by atoms with Crippen LogP contribution in [-0.4, -0.2) is 32.3 Å². The number of ketones is 1. The van der Waals surface area contributed by atoms with Crippen molar-refractivity contribution in [3.8, 4) is 17.2 Å². The van der Waals surface area contributed by atoms with Gasteiger partial charge in [0.15, 0.2) is 35.5 Å². The van der Waals surface area contributed by atoms with Gasteiger partial charge < -0.3 is 18.9 Å². The number of halogens is 2. The van der Waals surface area contributed by atoms with E-state index in [1.165, 1.54) is 31.4 Å². The highest BCUT2D eigenvalue weighted by Gasteiger charge is 2.22. The lowest BCUT2D eigenvalue weighted by molar-refractivity contribution is 0.0474. The number of rotatable bonds is 5. The normalized spacial score (nSPS) is 12.0. The van der Waals surface area contributed by atoms with Gasteiger partial charge in [-0.2, -0.15) is 0 Å². The molecule has 0 radical (unpaired) electrons. The quantitative estimate of drug-likeness (QED) is 0.597. The van der Waals surface area contributed by atoms with Crippen LogP contribution in [0.5, 0.6) is 17.2 Å². The number of ether oxygens (including phenoxy) is 4. The van der Waals surface area contributed by atoms with E-state index in [0.29, 0.717) is 11.5 Å². The van der Waals surface area contributed by atoms with Crippen molar-refractivity contribution in [3.05, 3.63) is 52.3 Å². The molecule has 130 valence electrons. The molecule has 0 saturated heterocycles. The summed E-state index contributed by atoms with van der Waals surface area (Å²) in [6, 6.07) is 6.49. The second-order valence-electron chi connectivity index (χ2n) is 5.04. The molecule has 0 saturated carbocycles. The molecule has 1 aliphatic heterocycles. The lowest BCUT2D eigenvalue weighted by atomic mass is 10.1. The van der Waals surface area contributed by atoms with Gasteiger partial charge in [0.1, 0.15) is 0 Å². The molecule has 1 heterocycles. The highest BCUT2D eigenvalue weighted by molar-refractivity contribution is 6.32. The number of benzene rings is 2. The monoisotopic (exact) mass is 366 g/mol. The van der Waals surface area contributed by atoms with E-state index in [0.717, 1.165) is 6.07 Å². The zero-order chi connectivity index (χ0) is 18.0. The van der Waals surface area contributed by atoms with Crippen molar-refractivity contribution < 1.29 is 32.9 Å². The third-order valence-corrected chi connectivity index (χ3v) is 3.75. The van der Waals surface area contributed by atoms with Crippen molar-refractivity contribution in [2.24, 2.45) is 0 Å². The summed E-state index contributed by atoms with van der Waals surface area (Å²) in [4.78, 5) is 24.1. The van der Waals surface area contributed by atoms with E-state index < -0.39 is 24.2 Å². The number of hydrogen-bond donors (Lipinski definition) is 0. The second-order valence-corrected chi connectivity index (χ2v) is 5.45. The van der Waals surface area contributed by atoms with Crippen LogP contribution in [-0.2, 0) is 4.74 Å². The smallest absolute Gasteiger partial charge is 0.338 e. The number of fused-ring (bicyclic) bond motifs is 1. The fourth-order valence-corrected chi connectivity index (χ4v) is 2.49. The Morgan fingerprint density at radius 2 is 2.00 bits per heavy atom. The minimum absolute atomic E-state index is 0.00900. The van der Waals surface area contributed by atoms with Crippen molar-refractivity contribution in [3.63, 3.8) is 0 Å². The van der Waals surface area contributed by atoms with E-state index in [9.17, 15) is 14.0 Å². The third kappa shape index (κ3) is 3.51. The molecule has 0 unspecified atom stereocenters. The predicted molar refractivity (Wildman–Crippen MR) is 85.1 cm³/mol. The molecular formula is C17H12ClFO6. The largest absolute Gasteiger partial charge is 0.494 e. The van der Waals surface area contributed by atoms with Crippen molar-refractivity contribution in [1.82, 2.24) is 0 Å². The molecule has 2 aromatic carbocycles. The summed E-state index contributed by atoms with van der Waals surface area (Å²) in [6.45, 7) is -0.536. The van der Waals surface area contributed by atoms with Crippen LogP contribution in [0.25, 0.3) is 0 Å². The molecule has 0 spiro atoms. The van der Waals surface area contributed by atoms with Crippen LogP contribution in [0.15, 0.2) is 30.3 Å². The number of methoxy groups -OCH3 is 1. The first kappa shape index (κ1) is 17.0. The molecule has 0 aromatic heterocycles. The Kier molecular flexibility index (Phi) is 4.76. The highest BCUT2D eigenvalue weighted by atomic mass is 35.5. The maximum Gasteiger partial charge on any atom is 0.338 e. The number of Topliss-reactive ketones (excluding diaryl/α,β-unsaturated/α-hetero) is 1. The van der Waals surface area contributed by atoms with Crippen molar-refractivity contribution in [2.75, 3.05) is 20.5 Å².